The molecule has 0 heterocycles. The Morgan fingerprint density at radius 2 is 1.93 bits per heavy atom. The topological polar surface area (TPSA) is 83.8 Å². The molecule has 0 aromatic heterocycles. The van der Waals surface area contributed by atoms with Gasteiger partial charge >= 0.3 is 7.82 Å². The molecule has 0 bridgehead atoms. The molecule has 0 aliphatic heterocycles. The molecule has 6 heteroatoms. The van der Waals surface area contributed by atoms with Gasteiger partial charge in [-0.05, 0) is 5.92 Å². The lowest BCUT2D eigenvalue weighted by atomic mass is 10.00. The van der Waals surface area contributed by atoms with Crippen LogP contribution in [0.15, 0.2) is 0 Å². The van der Waals surface area contributed by atoms with Crippen LogP contribution in [-0.2, 0) is 13.9 Å². The molecule has 1 fully saturated rings. The molecule has 1 rings (SSSR count). The summed E-state index contributed by atoms with van der Waals surface area (Å²) < 4.78 is 14.5. The van der Waals surface area contributed by atoms with Gasteiger partial charge < -0.3 is 9.79 Å². The zero-order chi connectivity index (χ0) is 11.3. The normalized spacial score (nSPS) is 18.3. The molecule has 5 nitrogen and oxygen atoms in total. The van der Waals surface area contributed by atoms with Gasteiger partial charge in [0, 0.05) is 12.8 Å². The third-order valence-electron chi connectivity index (χ3n) is 2.63. The molecule has 0 atom stereocenters. The molecule has 1 aliphatic rings. The van der Waals surface area contributed by atoms with Crippen molar-refractivity contribution in [3.8, 4) is 0 Å². The second-order valence-corrected chi connectivity index (χ2v) is 5.21. The van der Waals surface area contributed by atoms with Crippen molar-refractivity contribution in [2.75, 3.05) is 6.61 Å². The summed E-state index contributed by atoms with van der Waals surface area (Å²) in [4.78, 5) is 28.1. The number of hydrogen-bond acceptors (Lipinski definition) is 3. The van der Waals surface area contributed by atoms with Crippen LogP contribution in [0.4, 0.5) is 0 Å². The van der Waals surface area contributed by atoms with Gasteiger partial charge in [-0.25, -0.2) is 4.57 Å². The Labute approximate surface area is 89.1 Å². The van der Waals surface area contributed by atoms with Crippen LogP contribution in [0.1, 0.15) is 38.5 Å². The fraction of sp³-hybridized carbons (Fsp3) is 0.889. The largest absolute Gasteiger partial charge is 0.469 e. The average Bonchev–Trinajstić information content (AvgIpc) is 2.54. The zero-order valence-electron chi connectivity index (χ0n) is 8.59. The van der Waals surface area contributed by atoms with E-state index in [1.807, 2.05) is 0 Å². The molecule has 1 saturated carbocycles. The minimum absolute atomic E-state index is 0.0374. The maximum atomic E-state index is 11.4. The van der Waals surface area contributed by atoms with E-state index in [1.54, 1.807) is 0 Å². The van der Waals surface area contributed by atoms with Crippen LogP contribution >= 0.6 is 7.82 Å². The van der Waals surface area contributed by atoms with Crippen molar-refractivity contribution in [2.45, 2.75) is 38.5 Å². The van der Waals surface area contributed by atoms with Crippen LogP contribution in [-0.4, -0.2) is 22.2 Å². The van der Waals surface area contributed by atoms with Crippen molar-refractivity contribution in [1.82, 2.24) is 0 Å². The number of phosphoric acid groups is 1. The molecule has 15 heavy (non-hydrogen) atoms. The maximum Gasteiger partial charge on any atom is 0.469 e. The fourth-order valence-corrected chi connectivity index (χ4v) is 2.25. The third kappa shape index (κ3) is 6.05. The minimum Gasteiger partial charge on any atom is -0.303 e. The first kappa shape index (κ1) is 12.8. The van der Waals surface area contributed by atoms with Crippen molar-refractivity contribution in [3.63, 3.8) is 0 Å². The molecule has 1 aliphatic carbocycles. The van der Waals surface area contributed by atoms with Crippen molar-refractivity contribution in [2.24, 2.45) is 5.92 Å². The molecular formula is C9H17O5P. The predicted molar refractivity (Wildman–Crippen MR) is 54.2 cm³/mol. The maximum absolute atomic E-state index is 11.4. The molecule has 0 amide bonds. The van der Waals surface area contributed by atoms with Crippen LogP contribution in [0.3, 0.4) is 0 Å². The summed E-state index contributed by atoms with van der Waals surface area (Å²) in [5.41, 5.74) is 0. The fourth-order valence-electron chi connectivity index (χ4n) is 1.92. The lowest BCUT2D eigenvalue weighted by Crippen LogP contribution is -2.08. The quantitative estimate of drug-likeness (QED) is 0.685. The predicted octanol–water partition coefficient (Wildman–Crippen LogP) is 1.64. The zero-order valence-corrected chi connectivity index (χ0v) is 9.49. The molecule has 0 unspecified atom stereocenters. The molecule has 0 aromatic rings. The van der Waals surface area contributed by atoms with Crippen LogP contribution in [0.25, 0.3) is 0 Å². The number of phosphoric ester groups is 1. The van der Waals surface area contributed by atoms with Crippen molar-refractivity contribution >= 4 is 13.6 Å². The number of ketones is 1. The molecule has 0 spiro atoms. The summed E-state index contributed by atoms with van der Waals surface area (Å²) in [6.07, 6.45) is 5.22. The Morgan fingerprint density at radius 1 is 1.33 bits per heavy atom. The first-order valence-electron chi connectivity index (χ1n) is 5.19. The minimum atomic E-state index is -4.41. The monoisotopic (exact) mass is 236 g/mol. The molecule has 0 aromatic carbocycles. The van der Waals surface area contributed by atoms with Gasteiger partial charge in [-0.1, -0.05) is 25.7 Å². The standard InChI is InChI=1S/C9H17O5P/c10-9(5-6-14-15(11,12)13)7-8-3-1-2-4-8/h8H,1-7H2,(H2,11,12,13). The lowest BCUT2D eigenvalue weighted by molar-refractivity contribution is -0.120. The van der Waals surface area contributed by atoms with E-state index in [1.165, 1.54) is 12.8 Å². The highest BCUT2D eigenvalue weighted by molar-refractivity contribution is 7.46. The molecule has 0 saturated heterocycles. The van der Waals surface area contributed by atoms with Crippen LogP contribution in [0.2, 0.25) is 0 Å². The Balaban J connectivity index is 2.10. The van der Waals surface area contributed by atoms with Gasteiger partial charge in [0.05, 0.1) is 6.61 Å². The number of carbonyl (C=O) groups is 1. The van der Waals surface area contributed by atoms with Crippen LogP contribution < -0.4 is 0 Å². The number of hydrogen-bond donors (Lipinski definition) is 2. The van der Waals surface area contributed by atoms with Crippen LogP contribution in [0.5, 0.6) is 0 Å². The van der Waals surface area contributed by atoms with Gasteiger partial charge in [0.25, 0.3) is 0 Å². The summed E-state index contributed by atoms with van der Waals surface area (Å²) in [5.74, 6) is 0.517. The van der Waals surface area contributed by atoms with E-state index in [2.05, 4.69) is 4.52 Å². The summed E-state index contributed by atoms with van der Waals surface area (Å²) in [6, 6.07) is 0. The first-order chi connectivity index (χ1) is 6.97. The Kier molecular flexibility index (Phi) is 4.93. The van der Waals surface area contributed by atoms with Gasteiger partial charge in [0.15, 0.2) is 0 Å². The number of rotatable bonds is 6. The van der Waals surface area contributed by atoms with E-state index in [4.69, 9.17) is 9.79 Å². The third-order valence-corrected chi connectivity index (χ3v) is 3.15. The highest BCUT2D eigenvalue weighted by Crippen LogP contribution is 2.35. The molecule has 88 valence electrons. The van der Waals surface area contributed by atoms with E-state index in [-0.39, 0.29) is 18.8 Å². The Morgan fingerprint density at radius 3 is 2.47 bits per heavy atom. The summed E-state index contributed by atoms with van der Waals surface area (Å²) in [7, 11) is -4.41. The highest BCUT2D eigenvalue weighted by atomic mass is 31.2. The van der Waals surface area contributed by atoms with E-state index >= 15 is 0 Å². The first-order valence-corrected chi connectivity index (χ1v) is 6.72. The second-order valence-electron chi connectivity index (χ2n) is 3.97. The summed E-state index contributed by atoms with van der Waals surface area (Å²) in [5, 5.41) is 0. The molecular weight excluding hydrogens is 219 g/mol. The van der Waals surface area contributed by atoms with Gasteiger partial charge in [-0.2, -0.15) is 0 Å². The van der Waals surface area contributed by atoms with E-state index < -0.39 is 7.82 Å². The van der Waals surface area contributed by atoms with Crippen molar-refractivity contribution in [1.29, 1.82) is 0 Å². The van der Waals surface area contributed by atoms with Gasteiger partial charge in [-0.3, -0.25) is 9.32 Å². The second kappa shape index (κ2) is 5.75. The SMILES string of the molecule is O=C(CCOP(=O)(O)O)CC1CCCC1. The van der Waals surface area contributed by atoms with E-state index in [0.29, 0.717) is 12.3 Å². The van der Waals surface area contributed by atoms with Gasteiger partial charge in [0.2, 0.25) is 0 Å². The van der Waals surface area contributed by atoms with Gasteiger partial charge in [-0.15, -0.1) is 0 Å². The smallest absolute Gasteiger partial charge is 0.303 e. The summed E-state index contributed by atoms with van der Waals surface area (Å²) in [6.45, 7) is -0.185. The Hall–Kier alpha value is -0.220. The Bertz CT molecular complexity index is 253. The van der Waals surface area contributed by atoms with Gasteiger partial charge in [0.1, 0.15) is 5.78 Å². The number of carbonyl (C=O) groups excluding carboxylic acids is 1. The summed E-state index contributed by atoms with van der Waals surface area (Å²) >= 11 is 0. The number of Topliss-reactive ketones (excluding diaryl/α,β-unsaturated/α-hetero) is 1. The lowest BCUT2D eigenvalue weighted by Gasteiger charge is -2.08. The average molecular weight is 236 g/mol. The van der Waals surface area contributed by atoms with Crippen LogP contribution in [0, 0.1) is 5.92 Å². The van der Waals surface area contributed by atoms with Crippen molar-refractivity contribution < 1.29 is 23.7 Å². The van der Waals surface area contributed by atoms with E-state index in [9.17, 15) is 9.36 Å². The van der Waals surface area contributed by atoms with E-state index in [0.717, 1.165) is 12.8 Å². The highest BCUT2D eigenvalue weighted by Gasteiger charge is 2.19. The molecule has 2 N–H and O–H groups in total. The van der Waals surface area contributed by atoms with Crippen molar-refractivity contribution in [3.05, 3.63) is 0 Å². The molecule has 0 radical (unpaired) electrons.